The van der Waals surface area contributed by atoms with Gasteiger partial charge < -0.3 is 5.32 Å². The van der Waals surface area contributed by atoms with Crippen LogP contribution in [0.25, 0.3) is 0 Å². The Morgan fingerprint density at radius 1 is 0.865 bits per heavy atom. The molecule has 202 valence electrons. The molecule has 2 aromatic carbocycles. The molecule has 0 spiro atoms. The molecule has 3 aromatic rings. The molecule has 0 saturated heterocycles. The van der Waals surface area contributed by atoms with Gasteiger partial charge in [0.25, 0.3) is 0 Å². The van der Waals surface area contributed by atoms with E-state index in [2.05, 4.69) is 77.7 Å². The normalized spacial score (nSPS) is 9.76. The van der Waals surface area contributed by atoms with Gasteiger partial charge >= 0.3 is 0 Å². The lowest BCUT2D eigenvalue weighted by atomic mass is 10.1. The SMILES string of the molecule is C/C=C\N=C(C)c1cc(C(C)=O)ccn1.CC.CC.CC.CCc1ccc(Nc2ccc(C)cc2)cc1. The lowest BCUT2D eigenvalue weighted by Crippen LogP contribution is -2.01. The first kappa shape index (κ1) is 35.6. The zero-order valence-electron chi connectivity index (χ0n) is 25.0. The number of aryl methyl sites for hydroxylation is 2. The summed E-state index contributed by atoms with van der Waals surface area (Å²) < 4.78 is 0. The molecular formula is C33H49N3O. The number of allylic oxidation sites excluding steroid dienone is 1. The Morgan fingerprint density at radius 3 is 1.84 bits per heavy atom. The van der Waals surface area contributed by atoms with E-state index in [0.29, 0.717) is 5.56 Å². The fourth-order valence-corrected chi connectivity index (χ4v) is 2.73. The lowest BCUT2D eigenvalue weighted by molar-refractivity contribution is 0.101. The first-order valence-electron chi connectivity index (χ1n) is 13.5. The molecule has 0 bridgehead atoms. The molecule has 3 rings (SSSR count). The van der Waals surface area contributed by atoms with Gasteiger partial charge in [-0.15, -0.1) is 0 Å². The molecule has 0 fully saturated rings. The number of benzene rings is 2. The van der Waals surface area contributed by atoms with Crippen molar-refractivity contribution in [3.05, 3.63) is 102 Å². The highest BCUT2D eigenvalue weighted by Crippen LogP contribution is 2.17. The highest BCUT2D eigenvalue weighted by molar-refractivity contribution is 6.00. The van der Waals surface area contributed by atoms with Crippen LogP contribution in [0.2, 0.25) is 0 Å². The largest absolute Gasteiger partial charge is 0.356 e. The van der Waals surface area contributed by atoms with Crippen LogP contribution in [-0.2, 0) is 6.42 Å². The molecule has 0 saturated carbocycles. The van der Waals surface area contributed by atoms with Crippen molar-refractivity contribution in [2.45, 2.75) is 82.6 Å². The minimum absolute atomic E-state index is 0.0393. The Bertz CT molecular complexity index is 1030. The van der Waals surface area contributed by atoms with Crippen molar-refractivity contribution < 1.29 is 4.79 Å². The monoisotopic (exact) mass is 503 g/mol. The van der Waals surface area contributed by atoms with Crippen LogP contribution in [0.3, 0.4) is 0 Å². The second-order valence-electron chi connectivity index (χ2n) is 7.22. The predicted octanol–water partition coefficient (Wildman–Crippen LogP) is 10.0. The Labute approximate surface area is 227 Å². The van der Waals surface area contributed by atoms with Crippen LogP contribution in [0.4, 0.5) is 11.4 Å². The summed E-state index contributed by atoms with van der Waals surface area (Å²) in [4.78, 5) is 19.5. The van der Waals surface area contributed by atoms with Gasteiger partial charge in [0.15, 0.2) is 5.78 Å². The van der Waals surface area contributed by atoms with E-state index >= 15 is 0 Å². The van der Waals surface area contributed by atoms with Crippen LogP contribution in [0.5, 0.6) is 0 Å². The number of hydrogen-bond donors (Lipinski definition) is 1. The molecular weight excluding hydrogens is 454 g/mol. The van der Waals surface area contributed by atoms with Crippen molar-refractivity contribution in [2.24, 2.45) is 4.99 Å². The number of nitrogens with one attached hydrogen (secondary N) is 1. The quantitative estimate of drug-likeness (QED) is 0.269. The van der Waals surface area contributed by atoms with Crippen LogP contribution >= 0.6 is 0 Å². The number of pyridine rings is 1. The number of nitrogens with zero attached hydrogens (tertiary/aromatic N) is 2. The van der Waals surface area contributed by atoms with Crippen LogP contribution < -0.4 is 5.32 Å². The van der Waals surface area contributed by atoms with Gasteiger partial charge in [0.1, 0.15) is 0 Å². The summed E-state index contributed by atoms with van der Waals surface area (Å²) in [6.45, 7) is 21.6. The van der Waals surface area contributed by atoms with Crippen molar-refractivity contribution in [1.82, 2.24) is 4.98 Å². The minimum atomic E-state index is 0.0393. The van der Waals surface area contributed by atoms with Crippen molar-refractivity contribution >= 4 is 22.9 Å². The van der Waals surface area contributed by atoms with Gasteiger partial charge in [-0.1, -0.05) is 84.4 Å². The second-order valence-corrected chi connectivity index (χ2v) is 7.22. The standard InChI is InChI=1S/C15H17N.C12H14N2O.3C2H6/c1-3-13-6-10-15(11-7-13)16-14-8-4-12(2)5-9-14;1-4-6-13-9(2)12-8-11(10(3)15)5-7-14-12;3*1-2/h4-11,16H,3H2,1-2H3;4-8H,1-3H3;3*1-2H3/b;6-4-,13-9?;;;. The van der Waals surface area contributed by atoms with Crippen LogP contribution in [0, 0.1) is 6.92 Å². The van der Waals surface area contributed by atoms with Gasteiger partial charge in [-0.2, -0.15) is 0 Å². The van der Waals surface area contributed by atoms with Crippen molar-refractivity contribution in [3.8, 4) is 0 Å². The maximum absolute atomic E-state index is 11.2. The van der Waals surface area contributed by atoms with E-state index < -0.39 is 0 Å². The molecule has 4 nitrogen and oxygen atoms in total. The number of Topliss-reactive ketones (excluding diaryl/α,β-unsaturated/α-hetero) is 1. The van der Waals surface area contributed by atoms with E-state index in [4.69, 9.17) is 0 Å². The lowest BCUT2D eigenvalue weighted by Gasteiger charge is -2.07. The molecule has 0 unspecified atom stereocenters. The number of hydrogen-bond acceptors (Lipinski definition) is 4. The summed E-state index contributed by atoms with van der Waals surface area (Å²) in [5, 5.41) is 3.38. The molecule has 1 aromatic heterocycles. The van der Waals surface area contributed by atoms with Crippen molar-refractivity contribution in [1.29, 1.82) is 0 Å². The van der Waals surface area contributed by atoms with Gasteiger partial charge in [0, 0.05) is 29.3 Å². The van der Waals surface area contributed by atoms with Crippen LogP contribution in [0.1, 0.15) is 96.4 Å². The summed E-state index contributed by atoms with van der Waals surface area (Å²) in [5.41, 5.74) is 7.13. The third kappa shape index (κ3) is 15.2. The molecule has 1 heterocycles. The van der Waals surface area contributed by atoms with Gasteiger partial charge in [0.2, 0.25) is 0 Å². The smallest absolute Gasteiger partial charge is 0.159 e. The topological polar surface area (TPSA) is 54.4 Å². The summed E-state index contributed by atoms with van der Waals surface area (Å²) in [5.74, 6) is 0.0393. The maximum Gasteiger partial charge on any atom is 0.159 e. The van der Waals surface area contributed by atoms with Gasteiger partial charge in [-0.25, -0.2) is 0 Å². The molecule has 0 aliphatic heterocycles. The number of carbonyl (C=O) groups is 1. The third-order valence-electron chi connectivity index (χ3n) is 4.66. The van der Waals surface area contributed by atoms with Crippen molar-refractivity contribution in [2.75, 3.05) is 5.32 Å². The fraction of sp³-hybridized carbons (Fsp3) is 0.364. The Hall–Kier alpha value is -3.53. The number of rotatable bonds is 6. The Morgan fingerprint density at radius 2 is 1.38 bits per heavy atom. The zero-order valence-corrected chi connectivity index (χ0v) is 25.0. The molecule has 0 aliphatic carbocycles. The van der Waals surface area contributed by atoms with E-state index in [1.807, 2.05) is 61.5 Å². The molecule has 0 atom stereocenters. The molecule has 37 heavy (non-hydrogen) atoms. The highest BCUT2D eigenvalue weighted by atomic mass is 16.1. The van der Waals surface area contributed by atoms with Gasteiger partial charge in [-0.05, 0) is 76.1 Å². The molecule has 0 amide bonds. The van der Waals surface area contributed by atoms with E-state index in [0.717, 1.165) is 29.2 Å². The third-order valence-corrected chi connectivity index (χ3v) is 4.66. The number of aromatic nitrogens is 1. The zero-order chi connectivity index (χ0) is 28.6. The van der Waals surface area contributed by atoms with E-state index in [-0.39, 0.29) is 5.78 Å². The number of anilines is 2. The van der Waals surface area contributed by atoms with E-state index in [1.54, 1.807) is 24.5 Å². The molecule has 1 N–H and O–H groups in total. The first-order chi connectivity index (χ1) is 17.9. The summed E-state index contributed by atoms with van der Waals surface area (Å²) in [7, 11) is 0. The molecule has 0 radical (unpaired) electrons. The number of aliphatic imine (C=N–C) groups is 1. The van der Waals surface area contributed by atoms with E-state index in [1.165, 1.54) is 18.1 Å². The van der Waals surface area contributed by atoms with E-state index in [9.17, 15) is 4.79 Å². The predicted molar refractivity (Wildman–Crippen MR) is 166 cm³/mol. The van der Waals surface area contributed by atoms with Gasteiger partial charge in [-0.3, -0.25) is 14.8 Å². The first-order valence-corrected chi connectivity index (χ1v) is 13.5. The second kappa shape index (κ2) is 22.9. The molecule has 0 aliphatic rings. The maximum atomic E-state index is 11.2. The van der Waals surface area contributed by atoms with Crippen LogP contribution in [0.15, 0.2) is 84.1 Å². The minimum Gasteiger partial charge on any atom is -0.356 e. The van der Waals surface area contributed by atoms with Crippen LogP contribution in [-0.4, -0.2) is 16.5 Å². The number of carbonyl (C=O) groups excluding carboxylic acids is 1. The summed E-state index contributed by atoms with van der Waals surface area (Å²) in [6, 6.07) is 20.5. The number of ketones is 1. The Kier molecular flexibility index (Phi) is 22.1. The van der Waals surface area contributed by atoms with Crippen molar-refractivity contribution in [3.63, 3.8) is 0 Å². The molecule has 4 heteroatoms. The fourth-order valence-electron chi connectivity index (χ4n) is 2.73. The average Bonchev–Trinajstić information content (AvgIpc) is 2.97. The highest BCUT2D eigenvalue weighted by Gasteiger charge is 2.03. The average molecular weight is 504 g/mol. The van der Waals surface area contributed by atoms with Gasteiger partial charge in [0.05, 0.1) is 11.4 Å². The Balaban J connectivity index is 0. The summed E-state index contributed by atoms with van der Waals surface area (Å²) in [6.07, 6.45) is 6.27. The summed E-state index contributed by atoms with van der Waals surface area (Å²) >= 11 is 0.